The van der Waals surface area contributed by atoms with Gasteiger partial charge in [0.25, 0.3) is 0 Å². The third kappa shape index (κ3) is 1.63. The number of hydrogen-bond acceptors (Lipinski definition) is 4. The van der Waals surface area contributed by atoms with Crippen molar-refractivity contribution in [3.63, 3.8) is 0 Å². The van der Waals surface area contributed by atoms with Gasteiger partial charge in [0.2, 0.25) is 0 Å². The van der Waals surface area contributed by atoms with E-state index in [4.69, 9.17) is 20.4 Å². The third-order valence-corrected chi connectivity index (χ3v) is 1.91. The van der Waals surface area contributed by atoms with Crippen LogP contribution in [0.1, 0.15) is 6.42 Å². The van der Waals surface area contributed by atoms with Crippen LogP contribution in [0, 0.1) is 0 Å². The highest BCUT2D eigenvalue weighted by Crippen LogP contribution is 2.26. The number of carboxylic acid groups (broad SMARTS) is 1. The Bertz CT molecular complexity index is 262. The second-order valence-electron chi connectivity index (χ2n) is 2.82. The molecule has 1 aliphatic rings. The van der Waals surface area contributed by atoms with E-state index in [1.165, 1.54) is 0 Å². The molecule has 6 heteroatoms. The molecule has 0 saturated carbocycles. The maximum Gasteiger partial charge on any atom is 0.338 e. The summed E-state index contributed by atoms with van der Waals surface area (Å²) in [6.45, 7) is 0. The number of hydrogen-bond donors (Lipinski definition) is 4. The van der Waals surface area contributed by atoms with E-state index in [2.05, 4.69) is 0 Å². The van der Waals surface area contributed by atoms with Gasteiger partial charge < -0.3 is 20.4 Å². The number of aliphatic hydroxyl groups excluding tert-OH is 3. The van der Waals surface area contributed by atoms with E-state index in [0.717, 1.165) is 0 Å². The number of carboxylic acids is 1. The van der Waals surface area contributed by atoms with Gasteiger partial charge in [-0.2, -0.15) is 0 Å². The Kier molecular flexibility index (Phi) is 2.53. The molecule has 1 aliphatic carbocycles. The van der Waals surface area contributed by atoms with Crippen molar-refractivity contribution in [3.8, 4) is 0 Å². The lowest BCUT2D eigenvalue weighted by Crippen LogP contribution is -2.39. The molecule has 0 radical (unpaired) electrons. The molecule has 0 aliphatic heterocycles. The van der Waals surface area contributed by atoms with Crippen LogP contribution < -0.4 is 0 Å². The molecule has 0 amide bonds. The molecule has 3 atom stereocenters. The number of aliphatic carboxylic acids is 1. The maximum absolute atomic E-state index is 12.9. The summed E-state index contributed by atoms with van der Waals surface area (Å²) < 4.78 is 12.9. The van der Waals surface area contributed by atoms with Crippen LogP contribution in [0.25, 0.3) is 0 Å². The van der Waals surface area contributed by atoms with E-state index < -0.39 is 42.1 Å². The fourth-order valence-corrected chi connectivity index (χ4v) is 1.20. The van der Waals surface area contributed by atoms with Crippen LogP contribution in [0.3, 0.4) is 0 Å². The molecule has 0 aromatic rings. The van der Waals surface area contributed by atoms with Gasteiger partial charge in [-0.15, -0.1) is 0 Å². The Labute approximate surface area is 72.7 Å². The van der Waals surface area contributed by atoms with Crippen molar-refractivity contribution in [2.24, 2.45) is 0 Å². The zero-order valence-corrected chi connectivity index (χ0v) is 6.51. The van der Waals surface area contributed by atoms with E-state index in [1.54, 1.807) is 0 Å². The average molecular weight is 192 g/mol. The minimum absolute atomic E-state index is 0.521. The summed E-state index contributed by atoms with van der Waals surface area (Å²) in [6, 6.07) is 0. The van der Waals surface area contributed by atoms with Crippen molar-refractivity contribution < 1.29 is 29.6 Å². The molecule has 5 nitrogen and oxygen atoms in total. The van der Waals surface area contributed by atoms with E-state index in [0.29, 0.717) is 0 Å². The number of rotatable bonds is 1. The number of carbonyl (C=O) groups is 1. The fraction of sp³-hybridized carbons (Fsp3) is 0.571. The molecular formula is C7H9FO5. The third-order valence-electron chi connectivity index (χ3n) is 1.91. The molecule has 0 aromatic carbocycles. The molecule has 0 fully saturated rings. The van der Waals surface area contributed by atoms with Crippen molar-refractivity contribution >= 4 is 5.97 Å². The lowest BCUT2D eigenvalue weighted by molar-refractivity contribution is -0.134. The van der Waals surface area contributed by atoms with Crippen LogP contribution in [0.4, 0.5) is 4.39 Å². The first-order valence-corrected chi connectivity index (χ1v) is 3.61. The van der Waals surface area contributed by atoms with Gasteiger partial charge in [-0.05, 0) is 0 Å². The highest BCUT2D eigenvalue weighted by molar-refractivity contribution is 5.88. The first kappa shape index (κ1) is 9.94. The molecule has 1 rings (SSSR count). The van der Waals surface area contributed by atoms with Crippen LogP contribution in [0.5, 0.6) is 0 Å². The zero-order valence-electron chi connectivity index (χ0n) is 6.51. The summed E-state index contributed by atoms with van der Waals surface area (Å²) in [5.74, 6) is -2.63. The first-order chi connectivity index (χ1) is 5.95. The second kappa shape index (κ2) is 3.31. The predicted molar refractivity (Wildman–Crippen MR) is 38.8 cm³/mol. The van der Waals surface area contributed by atoms with E-state index >= 15 is 0 Å². The van der Waals surface area contributed by atoms with Crippen molar-refractivity contribution in [2.45, 2.75) is 24.8 Å². The first-order valence-electron chi connectivity index (χ1n) is 3.61. The van der Waals surface area contributed by atoms with E-state index in [1.807, 2.05) is 0 Å². The van der Waals surface area contributed by atoms with Gasteiger partial charge in [-0.1, -0.05) is 0 Å². The fourth-order valence-electron chi connectivity index (χ4n) is 1.20. The lowest BCUT2D eigenvalue weighted by atomic mass is 9.91. The van der Waals surface area contributed by atoms with E-state index in [-0.39, 0.29) is 0 Å². The highest BCUT2D eigenvalue weighted by Gasteiger charge is 2.38. The summed E-state index contributed by atoms with van der Waals surface area (Å²) >= 11 is 0. The van der Waals surface area contributed by atoms with Gasteiger partial charge >= 0.3 is 5.97 Å². The monoisotopic (exact) mass is 192 g/mol. The SMILES string of the molecule is O=C(O)C1=C(O)[C@@H](O)[C@H](O)C[C@@H]1F. The zero-order chi connectivity index (χ0) is 10.2. The molecule has 4 N–H and O–H groups in total. The molecule has 0 aromatic heterocycles. The van der Waals surface area contributed by atoms with Crippen LogP contribution in [0.2, 0.25) is 0 Å². The van der Waals surface area contributed by atoms with Crippen molar-refractivity contribution in [3.05, 3.63) is 11.3 Å². The molecule has 74 valence electrons. The molecule has 0 unspecified atom stereocenters. The predicted octanol–water partition coefficient (Wildman–Crippen LogP) is -0.653. The van der Waals surface area contributed by atoms with Gasteiger partial charge in [0.1, 0.15) is 23.6 Å². The van der Waals surface area contributed by atoms with Crippen LogP contribution in [0.15, 0.2) is 11.3 Å². The minimum Gasteiger partial charge on any atom is -0.509 e. The van der Waals surface area contributed by atoms with E-state index in [9.17, 15) is 9.18 Å². The smallest absolute Gasteiger partial charge is 0.338 e. The summed E-state index contributed by atoms with van der Waals surface area (Å²) in [4.78, 5) is 10.4. The Balaban J connectivity index is 3.07. The van der Waals surface area contributed by atoms with Crippen molar-refractivity contribution in [1.82, 2.24) is 0 Å². The molecule has 0 saturated heterocycles. The van der Waals surface area contributed by atoms with Crippen LogP contribution in [-0.4, -0.2) is 44.8 Å². The van der Waals surface area contributed by atoms with Gasteiger partial charge in [0.15, 0.2) is 0 Å². The normalized spacial score (nSPS) is 34.8. The topological polar surface area (TPSA) is 98.0 Å². The Morgan fingerprint density at radius 3 is 2.46 bits per heavy atom. The molecular weight excluding hydrogens is 183 g/mol. The summed E-state index contributed by atoms with van der Waals surface area (Å²) in [5, 5.41) is 35.4. The Morgan fingerprint density at radius 2 is 2.00 bits per heavy atom. The minimum atomic E-state index is -1.95. The second-order valence-corrected chi connectivity index (χ2v) is 2.82. The lowest BCUT2D eigenvalue weighted by Gasteiger charge is -2.26. The molecule has 0 heterocycles. The number of aliphatic hydroxyl groups is 3. The molecule has 13 heavy (non-hydrogen) atoms. The Hall–Kier alpha value is -1.14. The Morgan fingerprint density at radius 1 is 1.46 bits per heavy atom. The highest BCUT2D eigenvalue weighted by atomic mass is 19.1. The number of halogens is 1. The molecule has 0 spiro atoms. The van der Waals surface area contributed by atoms with Crippen molar-refractivity contribution in [1.29, 1.82) is 0 Å². The quantitative estimate of drug-likeness (QED) is 0.442. The summed E-state index contributed by atoms with van der Waals surface area (Å²) in [6.07, 6.45) is -5.64. The average Bonchev–Trinajstić information content (AvgIpc) is 1.99. The van der Waals surface area contributed by atoms with Gasteiger partial charge in [0.05, 0.1) is 6.10 Å². The van der Waals surface area contributed by atoms with Gasteiger partial charge in [0, 0.05) is 6.42 Å². The summed E-state index contributed by atoms with van der Waals surface area (Å²) in [7, 11) is 0. The number of alkyl halides is 1. The van der Waals surface area contributed by atoms with Crippen molar-refractivity contribution in [2.75, 3.05) is 0 Å². The maximum atomic E-state index is 12.9. The largest absolute Gasteiger partial charge is 0.509 e. The summed E-state index contributed by atoms with van der Waals surface area (Å²) in [5.41, 5.74) is -0.877. The van der Waals surface area contributed by atoms with Crippen LogP contribution >= 0.6 is 0 Å². The van der Waals surface area contributed by atoms with Gasteiger partial charge in [-0.25, -0.2) is 9.18 Å². The van der Waals surface area contributed by atoms with Gasteiger partial charge in [-0.3, -0.25) is 0 Å². The molecule has 0 bridgehead atoms. The standard InChI is InChI=1S/C7H9FO5/c8-2-1-3(9)5(10)6(11)4(2)7(12)13/h2-3,5,9-11H,1H2,(H,12,13)/t2-,3+,5-/m0/s1. The van der Waals surface area contributed by atoms with Crippen LogP contribution in [-0.2, 0) is 4.79 Å².